The van der Waals surface area contributed by atoms with Crippen LogP contribution in [-0.2, 0) is 32.8 Å². The van der Waals surface area contributed by atoms with Gasteiger partial charge >= 0.3 is 19.4 Å². The second kappa shape index (κ2) is 12.4. The van der Waals surface area contributed by atoms with E-state index in [0.29, 0.717) is 12.8 Å². The number of esters is 1. The van der Waals surface area contributed by atoms with E-state index in [9.17, 15) is 24.5 Å². The van der Waals surface area contributed by atoms with E-state index >= 15 is 0 Å². The Kier molecular flexibility index (Phi) is 8.85. The summed E-state index contributed by atoms with van der Waals surface area (Å²) in [4.78, 5) is 41.4. The van der Waals surface area contributed by atoms with Crippen molar-refractivity contribution < 1.29 is 37.4 Å². The molecule has 0 bridgehead atoms. The number of benzene rings is 1. The number of rotatable bonds is 12. The zero-order chi connectivity index (χ0) is 29.8. The van der Waals surface area contributed by atoms with Crippen LogP contribution in [-0.4, -0.2) is 59.0 Å². The second-order valence-electron chi connectivity index (χ2n) is 9.94. The largest absolute Gasteiger partial charge is 0.466 e. The van der Waals surface area contributed by atoms with Crippen LogP contribution in [0.2, 0.25) is 0 Å². The number of nitrogens with zero attached hydrogens (tertiary/aromatic N) is 4. The van der Waals surface area contributed by atoms with E-state index in [1.807, 2.05) is 0 Å². The second-order valence-corrected chi connectivity index (χ2v) is 11.7. The number of azide groups is 1. The van der Waals surface area contributed by atoms with E-state index in [4.69, 9.17) is 28.0 Å². The molecular weight excluding hydrogens is 575 g/mol. The van der Waals surface area contributed by atoms with E-state index in [-0.39, 0.29) is 25.3 Å². The molecule has 1 aromatic carbocycles. The summed E-state index contributed by atoms with van der Waals surface area (Å²) in [5.74, 6) is -1.31. The molecule has 1 aromatic heterocycles. The lowest BCUT2D eigenvalue weighted by molar-refractivity contribution is -0.237. The summed E-state index contributed by atoms with van der Waals surface area (Å²) < 4.78 is 50.3. The van der Waals surface area contributed by atoms with Crippen molar-refractivity contribution in [3.63, 3.8) is 0 Å². The molecule has 2 saturated heterocycles. The Labute approximate surface area is 239 Å². The van der Waals surface area contributed by atoms with Gasteiger partial charge in [0.25, 0.3) is 5.56 Å². The predicted molar refractivity (Wildman–Crippen MR) is 144 cm³/mol. The van der Waals surface area contributed by atoms with Gasteiger partial charge in [0, 0.05) is 36.6 Å². The van der Waals surface area contributed by atoms with Crippen molar-refractivity contribution >= 4 is 13.7 Å². The molecule has 17 heteroatoms. The summed E-state index contributed by atoms with van der Waals surface area (Å²) in [6, 6.07) is 9.34. The van der Waals surface area contributed by atoms with Crippen LogP contribution in [0, 0.1) is 0 Å². The molecule has 2 N–H and O–H groups in total. The Bertz CT molecular complexity index is 1490. The first-order valence-electron chi connectivity index (χ1n) is 13.5. The Balaban J connectivity index is 1.45. The highest BCUT2D eigenvalue weighted by Crippen LogP contribution is 2.54. The molecule has 3 heterocycles. The molecule has 42 heavy (non-hydrogen) atoms. The maximum Gasteiger partial charge on any atom is 0.458 e. The summed E-state index contributed by atoms with van der Waals surface area (Å²) in [6.45, 7) is 1.08. The number of para-hydroxylation sites is 1. The van der Waals surface area contributed by atoms with E-state index in [1.165, 1.54) is 6.20 Å². The molecular formula is C25H31N6O10P. The first-order chi connectivity index (χ1) is 20.2. The average molecular weight is 607 g/mol. The van der Waals surface area contributed by atoms with Crippen molar-refractivity contribution in [2.24, 2.45) is 5.11 Å². The van der Waals surface area contributed by atoms with Crippen molar-refractivity contribution in [1.29, 1.82) is 0 Å². The molecule has 16 nitrogen and oxygen atoms in total. The van der Waals surface area contributed by atoms with Gasteiger partial charge in [-0.3, -0.25) is 23.7 Å². The smallest absolute Gasteiger partial charge is 0.458 e. The third-order valence-corrected chi connectivity index (χ3v) is 8.63. The zero-order valence-corrected chi connectivity index (χ0v) is 23.6. The summed E-state index contributed by atoms with van der Waals surface area (Å²) in [5, 5.41) is 6.52. The van der Waals surface area contributed by atoms with Crippen LogP contribution in [0.15, 0.2) is 57.3 Å². The number of ether oxygens (including phenoxy) is 4. The monoisotopic (exact) mass is 606 g/mol. The SMILES string of the molecule is CCOC(=O)CCNP(=O)(OC[C@@]1(N=[N+]=[N-])O[C@@H](n2ccc(=O)[nH]c2=O)[C@@H]2OC3(CCCC3)O[C@@H]21)Oc1ccccc1. The molecule has 3 aliphatic rings. The average Bonchev–Trinajstić information content (AvgIpc) is 3.65. The highest BCUT2D eigenvalue weighted by Gasteiger charge is 2.66. The Morgan fingerprint density at radius 2 is 1.98 bits per heavy atom. The third kappa shape index (κ3) is 6.30. The van der Waals surface area contributed by atoms with Gasteiger partial charge in [-0.2, -0.15) is 0 Å². The van der Waals surface area contributed by atoms with Crippen molar-refractivity contribution in [2.75, 3.05) is 19.8 Å². The molecule has 5 atom stereocenters. The molecule has 2 aliphatic heterocycles. The first kappa shape index (κ1) is 30.0. The number of carbonyl (C=O) groups is 1. The van der Waals surface area contributed by atoms with Crippen LogP contribution >= 0.6 is 7.75 Å². The molecule has 1 aliphatic carbocycles. The number of hydrogen-bond acceptors (Lipinski definition) is 11. The van der Waals surface area contributed by atoms with Gasteiger partial charge in [-0.1, -0.05) is 23.3 Å². The van der Waals surface area contributed by atoms with Gasteiger partial charge in [-0.15, -0.1) is 0 Å². The van der Waals surface area contributed by atoms with Crippen LogP contribution in [0.5, 0.6) is 5.75 Å². The summed E-state index contributed by atoms with van der Waals surface area (Å²) >= 11 is 0. The van der Waals surface area contributed by atoms with Crippen molar-refractivity contribution in [1.82, 2.24) is 14.6 Å². The van der Waals surface area contributed by atoms with E-state index < -0.39 is 61.5 Å². The van der Waals surface area contributed by atoms with Gasteiger partial charge in [0.2, 0.25) is 5.72 Å². The fraction of sp³-hybridized carbons (Fsp3) is 0.560. The summed E-state index contributed by atoms with van der Waals surface area (Å²) in [5.41, 5.74) is 6.22. The molecule has 1 unspecified atom stereocenters. The van der Waals surface area contributed by atoms with Crippen molar-refractivity contribution in [3.05, 3.63) is 73.9 Å². The van der Waals surface area contributed by atoms with Crippen LogP contribution < -0.4 is 20.9 Å². The molecule has 0 radical (unpaired) electrons. The first-order valence-corrected chi connectivity index (χ1v) is 15.1. The number of carbonyl (C=O) groups excluding carboxylic acids is 1. The highest BCUT2D eigenvalue weighted by molar-refractivity contribution is 7.52. The lowest BCUT2D eigenvalue weighted by Crippen LogP contribution is -2.46. The van der Waals surface area contributed by atoms with Crippen LogP contribution in [0.3, 0.4) is 0 Å². The Morgan fingerprint density at radius 1 is 1.21 bits per heavy atom. The molecule has 5 rings (SSSR count). The number of aromatic nitrogens is 2. The molecule has 1 spiro atoms. The van der Waals surface area contributed by atoms with Gasteiger partial charge in [-0.25, -0.2) is 14.4 Å². The van der Waals surface area contributed by atoms with Crippen molar-refractivity contribution in [3.8, 4) is 5.75 Å². The van der Waals surface area contributed by atoms with Gasteiger partial charge in [-0.05, 0) is 37.4 Å². The normalized spacial score (nSPS) is 27.2. The number of H-pyrrole nitrogens is 1. The molecule has 3 fully saturated rings. The summed E-state index contributed by atoms with van der Waals surface area (Å²) in [6.07, 6.45) is 0.666. The molecule has 0 amide bonds. The Morgan fingerprint density at radius 3 is 2.67 bits per heavy atom. The van der Waals surface area contributed by atoms with Gasteiger partial charge < -0.3 is 23.5 Å². The molecule has 1 saturated carbocycles. The maximum absolute atomic E-state index is 13.9. The van der Waals surface area contributed by atoms with Crippen LogP contribution in [0.25, 0.3) is 10.4 Å². The quantitative estimate of drug-likeness (QED) is 0.118. The van der Waals surface area contributed by atoms with Crippen LogP contribution in [0.1, 0.15) is 45.3 Å². The molecule has 226 valence electrons. The lowest BCUT2D eigenvalue weighted by Gasteiger charge is -2.32. The van der Waals surface area contributed by atoms with Crippen LogP contribution in [0.4, 0.5) is 0 Å². The Hall–Kier alpha value is -3.49. The predicted octanol–water partition coefficient (Wildman–Crippen LogP) is 2.87. The zero-order valence-electron chi connectivity index (χ0n) is 22.7. The fourth-order valence-corrected chi connectivity index (χ4v) is 6.61. The van der Waals surface area contributed by atoms with E-state index in [0.717, 1.165) is 23.5 Å². The number of hydrogen-bond donors (Lipinski definition) is 2. The van der Waals surface area contributed by atoms with Gasteiger partial charge in [0.05, 0.1) is 19.6 Å². The van der Waals surface area contributed by atoms with Crippen molar-refractivity contribution in [2.45, 2.75) is 69.0 Å². The highest BCUT2D eigenvalue weighted by atomic mass is 31.2. The van der Waals surface area contributed by atoms with Gasteiger partial charge in [0.15, 0.2) is 12.0 Å². The number of nitrogens with one attached hydrogen (secondary N) is 2. The topological polar surface area (TPSA) is 205 Å². The maximum atomic E-state index is 13.9. The molecule has 2 aromatic rings. The minimum atomic E-state index is -4.25. The third-order valence-electron chi connectivity index (χ3n) is 7.10. The van der Waals surface area contributed by atoms with E-state index in [2.05, 4.69) is 20.1 Å². The fourth-order valence-electron chi connectivity index (χ4n) is 5.26. The lowest BCUT2D eigenvalue weighted by atomic mass is 10.1. The minimum Gasteiger partial charge on any atom is -0.466 e. The minimum absolute atomic E-state index is 0.123. The summed E-state index contributed by atoms with van der Waals surface area (Å²) in [7, 11) is -4.25. The van der Waals surface area contributed by atoms with E-state index in [1.54, 1.807) is 37.3 Å². The number of aromatic amines is 1. The standard InChI is InChI=1S/C25H31N6O10P/c1-2-36-19(33)10-14-27-42(35,41-17-8-4-3-5-9-17)37-16-25(29-30-26)21-20(38-24(39-21)12-6-7-13-24)22(40-25)31-15-11-18(32)28-23(31)34/h3-5,8-9,11,15,20-22H,2,6-7,10,12-14,16H2,1H3,(H,27,35)(H,28,32,34)/t20-,21+,22-,25-,42?/m1/s1. The number of fused-ring (bicyclic) bond motifs is 1. The van der Waals surface area contributed by atoms with Gasteiger partial charge in [0.1, 0.15) is 18.0 Å².